The van der Waals surface area contributed by atoms with Gasteiger partial charge in [-0.05, 0) is 11.6 Å². The Balaban J connectivity index is 3.48. The summed E-state index contributed by atoms with van der Waals surface area (Å²) in [4.78, 5) is 14.0. The molecule has 1 aromatic heterocycles. The van der Waals surface area contributed by atoms with Gasteiger partial charge in [-0.1, -0.05) is 15.9 Å². The highest BCUT2D eigenvalue weighted by Crippen LogP contribution is 2.25. The van der Waals surface area contributed by atoms with Crippen LogP contribution in [-0.4, -0.2) is 16.1 Å². The number of alkyl halides is 3. The largest absolute Gasteiger partial charge is 0.476 e. The summed E-state index contributed by atoms with van der Waals surface area (Å²) in [6, 6.07) is 2.71. The number of hydrogen-bond acceptors (Lipinski definition) is 3. The summed E-state index contributed by atoms with van der Waals surface area (Å²) in [6.45, 7) is 0. The standard InChI is InChI=1S/C9H5BrF2N2O2/c10-2-4-1-5(3-13)7(9(15)16)14-6(4)8(11)12/h1,8H,2H2,(H,15,16). The van der Waals surface area contributed by atoms with Crippen LogP contribution in [0.5, 0.6) is 0 Å². The molecule has 1 aromatic rings. The number of carboxylic acids is 1. The van der Waals surface area contributed by atoms with Crippen molar-refractivity contribution < 1.29 is 18.7 Å². The lowest BCUT2D eigenvalue weighted by atomic mass is 10.1. The lowest BCUT2D eigenvalue weighted by Crippen LogP contribution is -2.09. The van der Waals surface area contributed by atoms with Crippen LogP contribution >= 0.6 is 15.9 Å². The second kappa shape index (κ2) is 4.99. The van der Waals surface area contributed by atoms with Gasteiger partial charge in [0.05, 0.1) is 5.56 Å². The number of carboxylic acid groups (broad SMARTS) is 1. The van der Waals surface area contributed by atoms with Crippen LogP contribution in [0.2, 0.25) is 0 Å². The van der Waals surface area contributed by atoms with E-state index < -0.39 is 23.8 Å². The van der Waals surface area contributed by atoms with Gasteiger partial charge in [0.2, 0.25) is 0 Å². The van der Waals surface area contributed by atoms with Crippen molar-refractivity contribution in [2.75, 3.05) is 0 Å². The number of hydrogen-bond donors (Lipinski definition) is 1. The van der Waals surface area contributed by atoms with Crippen molar-refractivity contribution >= 4 is 21.9 Å². The van der Waals surface area contributed by atoms with E-state index in [1.165, 1.54) is 0 Å². The molecule has 4 nitrogen and oxygen atoms in total. The molecule has 0 saturated heterocycles. The number of aromatic carboxylic acids is 1. The molecule has 1 N–H and O–H groups in total. The van der Waals surface area contributed by atoms with E-state index in [0.717, 1.165) is 6.07 Å². The van der Waals surface area contributed by atoms with Crippen molar-refractivity contribution in [3.05, 3.63) is 28.6 Å². The first-order chi connectivity index (χ1) is 7.51. The molecule has 0 bridgehead atoms. The van der Waals surface area contributed by atoms with Gasteiger partial charge in [-0.15, -0.1) is 0 Å². The molecule has 0 aliphatic rings. The third kappa shape index (κ3) is 2.33. The van der Waals surface area contributed by atoms with Gasteiger partial charge in [0.25, 0.3) is 6.43 Å². The Morgan fingerprint density at radius 1 is 1.69 bits per heavy atom. The Bertz CT molecular complexity index is 471. The lowest BCUT2D eigenvalue weighted by molar-refractivity contribution is 0.0688. The summed E-state index contributed by atoms with van der Waals surface area (Å²) >= 11 is 2.97. The summed E-state index contributed by atoms with van der Waals surface area (Å²) in [7, 11) is 0. The summed E-state index contributed by atoms with van der Waals surface area (Å²) in [5, 5.41) is 17.4. The average Bonchev–Trinajstić information content (AvgIpc) is 2.26. The fraction of sp³-hybridized carbons (Fsp3) is 0.222. The Morgan fingerprint density at radius 2 is 2.31 bits per heavy atom. The van der Waals surface area contributed by atoms with Gasteiger partial charge >= 0.3 is 5.97 Å². The first-order valence-corrected chi connectivity index (χ1v) is 5.14. The Kier molecular flexibility index (Phi) is 3.90. The van der Waals surface area contributed by atoms with Crippen molar-refractivity contribution in [2.45, 2.75) is 11.8 Å². The molecule has 0 saturated carbocycles. The van der Waals surface area contributed by atoms with E-state index in [9.17, 15) is 13.6 Å². The quantitative estimate of drug-likeness (QED) is 0.868. The molecule has 0 fully saturated rings. The molecule has 0 aromatic carbocycles. The highest BCUT2D eigenvalue weighted by molar-refractivity contribution is 9.08. The number of rotatable bonds is 3. The maximum Gasteiger partial charge on any atom is 0.355 e. The molecule has 0 aliphatic heterocycles. The zero-order chi connectivity index (χ0) is 12.3. The molecule has 0 aliphatic carbocycles. The number of carbonyl (C=O) groups is 1. The van der Waals surface area contributed by atoms with Crippen molar-refractivity contribution in [3.63, 3.8) is 0 Å². The van der Waals surface area contributed by atoms with Crippen molar-refractivity contribution in [2.24, 2.45) is 0 Å². The minimum atomic E-state index is -2.88. The Morgan fingerprint density at radius 3 is 2.69 bits per heavy atom. The van der Waals surface area contributed by atoms with Gasteiger partial charge in [0.15, 0.2) is 5.69 Å². The third-order valence-corrected chi connectivity index (χ3v) is 2.41. The molecule has 0 amide bonds. The molecule has 0 spiro atoms. The predicted octanol–water partition coefficient (Wildman–Crippen LogP) is 2.48. The molecule has 16 heavy (non-hydrogen) atoms. The highest BCUT2D eigenvalue weighted by Gasteiger charge is 2.21. The first-order valence-electron chi connectivity index (χ1n) is 4.02. The smallest absolute Gasteiger partial charge is 0.355 e. The number of pyridine rings is 1. The van der Waals surface area contributed by atoms with Crippen molar-refractivity contribution in [1.29, 1.82) is 5.26 Å². The number of aromatic nitrogens is 1. The van der Waals surface area contributed by atoms with Gasteiger partial charge in [0.1, 0.15) is 11.8 Å². The van der Waals surface area contributed by atoms with Gasteiger partial charge in [-0.25, -0.2) is 18.6 Å². The zero-order valence-electron chi connectivity index (χ0n) is 7.75. The lowest BCUT2D eigenvalue weighted by Gasteiger charge is -2.07. The minimum absolute atomic E-state index is 0.0776. The molecule has 0 atom stereocenters. The molecule has 1 rings (SSSR count). The van der Waals surface area contributed by atoms with Gasteiger partial charge < -0.3 is 5.11 Å². The topological polar surface area (TPSA) is 74.0 Å². The highest BCUT2D eigenvalue weighted by atomic mass is 79.9. The maximum atomic E-state index is 12.5. The summed E-state index contributed by atoms with van der Waals surface area (Å²) in [5.74, 6) is -1.50. The van der Waals surface area contributed by atoms with Crippen LogP contribution in [0, 0.1) is 11.3 Å². The van der Waals surface area contributed by atoms with E-state index >= 15 is 0 Å². The van der Waals surface area contributed by atoms with Crippen LogP contribution in [-0.2, 0) is 5.33 Å². The summed E-state index contributed by atoms with van der Waals surface area (Å²) in [6.07, 6.45) is -2.88. The Labute approximate surface area is 97.7 Å². The van der Waals surface area contributed by atoms with Crippen LogP contribution < -0.4 is 0 Å². The van der Waals surface area contributed by atoms with Crippen LogP contribution in [0.3, 0.4) is 0 Å². The minimum Gasteiger partial charge on any atom is -0.476 e. The van der Waals surface area contributed by atoms with E-state index in [1.807, 2.05) is 0 Å². The summed E-state index contributed by atoms with van der Waals surface area (Å²) < 4.78 is 25.1. The van der Waals surface area contributed by atoms with E-state index in [-0.39, 0.29) is 16.5 Å². The van der Waals surface area contributed by atoms with E-state index in [4.69, 9.17) is 10.4 Å². The molecule has 7 heteroatoms. The van der Waals surface area contributed by atoms with Crippen molar-refractivity contribution in [1.82, 2.24) is 4.98 Å². The molecular weight excluding hydrogens is 286 g/mol. The van der Waals surface area contributed by atoms with E-state index in [2.05, 4.69) is 20.9 Å². The molecule has 0 radical (unpaired) electrons. The van der Waals surface area contributed by atoms with Crippen LogP contribution in [0.1, 0.15) is 33.7 Å². The van der Waals surface area contributed by atoms with Crippen LogP contribution in [0.25, 0.3) is 0 Å². The number of nitrogens with zero attached hydrogens (tertiary/aromatic N) is 2. The first kappa shape index (κ1) is 12.5. The second-order valence-corrected chi connectivity index (χ2v) is 3.34. The summed E-state index contributed by atoms with van der Waals surface area (Å²) in [5.41, 5.74) is -1.39. The second-order valence-electron chi connectivity index (χ2n) is 2.78. The predicted molar refractivity (Wildman–Crippen MR) is 53.5 cm³/mol. The molecule has 1 heterocycles. The normalized spacial score (nSPS) is 10.2. The molecule has 84 valence electrons. The average molecular weight is 291 g/mol. The molecular formula is C9H5BrF2N2O2. The van der Waals surface area contributed by atoms with Gasteiger partial charge in [-0.3, -0.25) is 0 Å². The van der Waals surface area contributed by atoms with Gasteiger partial charge in [0, 0.05) is 5.33 Å². The third-order valence-electron chi connectivity index (χ3n) is 1.81. The van der Waals surface area contributed by atoms with E-state index in [0.29, 0.717) is 0 Å². The fourth-order valence-corrected chi connectivity index (χ4v) is 1.56. The van der Waals surface area contributed by atoms with E-state index in [1.54, 1.807) is 6.07 Å². The van der Waals surface area contributed by atoms with Crippen LogP contribution in [0.4, 0.5) is 8.78 Å². The SMILES string of the molecule is N#Cc1cc(CBr)c(C(F)F)nc1C(=O)O. The number of nitriles is 1. The maximum absolute atomic E-state index is 12.5. The van der Waals surface area contributed by atoms with Crippen LogP contribution in [0.15, 0.2) is 6.07 Å². The Hall–Kier alpha value is -1.55. The monoisotopic (exact) mass is 290 g/mol. The zero-order valence-corrected chi connectivity index (χ0v) is 9.33. The molecule has 0 unspecified atom stereocenters. The fourth-order valence-electron chi connectivity index (χ4n) is 1.11. The number of halogens is 3. The van der Waals surface area contributed by atoms with Gasteiger partial charge in [-0.2, -0.15) is 5.26 Å². The van der Waals surface area contributed by atoms with Crippen molar-refractivity contribution in [3.8, 4) is 6.07 Å².